The Morgan fingerprint density at radius 2 is 2.17 bits per heavy atom. The fraction of sp³-hybridized carbons (Fsp3) is 0.500. The van der Waals surface area contributed by atoms with E-state index in [-0.39, 0.29) is 0 Å². The summed E-state index contributed by atoms with van der Waals surface area (Å²) in [4.78, 5) is 8.54. The van der Waals surface area contributed by atoms with Crippen LogP contribution in [0.5, 0.6) is 0 Å². The van der Waals surface area contributed by atoms with Crippen molar-refractivity contribution in [2.75, 3.05) is 0 Å². The third kappa shape index (κ3) is 2.20. The number of carbonyl (C=O) groups excluding carboxylic acids is 1. The maximum atomic E-state index is 9.45. The summed E-state index contributed by atoms with van der Waals surface area (Å²) in [5.74, 6) is -1.24. The van der Waals surface area contributed by atoms with Gasteiger partial charge in [-0.05, 0) is 0 Å². The third-order valence-corrected chi connectivity index (χ3v) is 0.684. The second-order valence-corrected chi connectivity index (χ2v) is 1.93. The Labute approximate surface area is 43.3 Å². The first kappa shape index (κ1) is 5.95. The van der Waals surface area contributed by atoms with E-state index in [1.807, 2.05) is 0 Å². The maximum absolute atomic E-state index is 9.45. The van der Waals surface area contributed by atoms with E-state index in [1.54, 1.807) is 16.0 Å². The van der Waals surface area contributed by atoms with Gasteiger partial charge in [0.15, 0.2) is 0 Å². The van der Waals surface area contributed by atoms with Gasteiger partial charge in [0.1, 0.15) is 0 Å². The quantitative estimate of drug-likeness (QED) is 0.406. The molecule has 0 radical (unpaired) electrons. The van der Waals surface area contributed by atoms with E-state index in [4.69, 9.17) is 5.73 Å². The fourth-order valence-corrected chi connectivity index (χ4v) is 0. The van der Waals surface area contributed by atoms with Gasteiger partial charge in [0.05, 0.1) is 0 Å². The number of carboxylic acid groups (broad SMARTS) is 1. The molecule has 2 N–H and O–H groups in total. The number of aliphatic carboxylic acids is 1. The van der Waals surface area contributed by atoms with E-state index >= 15 is 0 Å². The van der Waals surface area contributed by atoms with Crippen LogP contribution in [0.4, 0.5) is 0 Å². The van der Waals surface area contributed by atoms with Crippen LogP contribution in [-0.4, -0.2) is 26.9 Å². The molecular formula is C2H4NO2Se-. The van der Waals surface area contributed by atoms with E-state index in [0.717, 1.165) is 0 Å². The van der Waals surface area contributed by atoms with Crippen molar-refractivity contribution in [1.29, 1.82) is 0 Å². The second kappa shape index (κ2) is 2.18. The summed E-state index contributed by atoms with van der Waals surface area (Å²) in [5.41, 5.74) is 4.75. The van der Waals surface area contributed by atoms with Gasteiger partial charge in [-0.1, -0.05) is 0 Å². The van der Waals surface area contributed by atoms with Gasteiger partial charge in [-0.15, -0.1) is 0 Å². The summed E-state index contributed by atoms with van der Waals surface area (Å²) >= 11 is 1.76. The number of rotatable bonds is 1. The molecule has 0 aromatic carbocycles. The van der Waals surface area contributed by atoms with Gasteiger partial charge in [0.25, 0.3) is 0 Å². The fourth-order valence-electron chi connectivity index (χ4n) is 0. The molecule has 0 rings (SSSR count). The molecule has 0 spiro atoms. The topological polar surface area (TPSA) is 66.2 Å². The summed E-state index contributed by atoms with van der Waals surface area (Å²) < 4.78 is 0. The zero-order chi connectivity index (χ0) is 5.15. The number of carbonyl (C=O) groups is 1. The van der Waals surface area contributed by atoms with E-state index < -0.39 is 10.9 Å². The van der Waals surface area contributed by atoms with Crippen LogP contribution < -0.4 is 10.8 Å². The number of hydrogen-bond acceptors (Lipinski definition) is 3. The van der Waals surface area contributed by atoms with Gasteiger partial charge >= 0.3 is 42.6 Å². The minimum atomic E-state index is -1.24. The molecule has 0 amide bonds. The molecular weight excluding hydrogens is 149 g/mol. The van der Waals surface area contributed by atoms with Crippen LogP contribution in [0.3, 0.4) is 0 Å². The summed E-state index contributed by atoms with van der Waals surface area (Å²) in [6.45, 7) is 0. The SMILES string of the molecule is N[C@H]([SeH])C(=O)[O-]. The molecule has 0 aliphatic heterocycles. The first-order chi connectivity index (χ1) is 2.64. The molecule has 0 heterocycles. The summed E-state index contributed by atoms with van der Waals surface area (Å²) in [6, 6.07) is 0. The van der Waals surface area contributed by atoms with Crippen LogP contribution in [0, 0.1) is 0 Å². The van der Waals surface area contributed by atoms with Crippen molar-refractivity contribution in [1.82, 2.24) is 0 Å². The second-order valence-electron chi connectivity index (χ2n) is 0.764. The standard InChI is InChI=1S/C2H5NO2Se/c3-1(6)2(4)5/h1,6H,3H2,(H,4,5)/p-1/t1-/m1/s1. The number of carboxylic acids is 1. The summed E-state index contributed by atoms with van der Waals surface area (Å²) in [5, 5.41) is 9.45. The molecule has 0 saturated heterocycles. The Kier molecular flexibility index (Phi) is 2.16. The van der Waals surface area contributed by atoms with E-state index in [0.29, 0.717) is 0 Å². The molecule has 0 unspecified atom stereocenters. The average Bonchev–Trinajstić information content (AvgIpc) is 1.36. The van der Waals surface area contributed by atoms with Crippen molar-refractivity contribution in [2.45, 2.75) is 4.94 Å². The van der Waals surface area contributed by atoms with Crippen LogP contribution in [0.15, 0.2) is 0 Å². The van der Waals surface area contributed by atoms with E-state index in [1.165, 1.54) is 0 Å². The van der Waals surface area contributed by atoms with Gasteiger partial charge in [0, 0.05) is 0 Å². The van der Waals surface area contributed by atoms with Crippen molar-refractivity contribution in [3.05, 3.63) is 0 Å². The number of nitrogens with two attached hydrogens (primary N) is 1. The Morgan fingerprint density at radius 3 is 2.17 bits per heavy atom. The molecule has 0 saturated carbocycles. The first-order valence-electron chi connectivity index (χ1n) is 1.29. The van der Waals surface area contributed by atoms with Crippen LogP contribution in [0.25, 0.3) is 0 Å². The molecule has 1 atom stereocenters. The Morgan fingerprint density at radius 1 is 2.00 bits per heavy atom. The van der Waals surface area contributed by atoms with E-state index in [9.17, 15) is 9.90 Å². The Hall–Kier alpha value is -0.0505. The average molecular weight is 153 g/mol. The molecule has 3 nitrogen and oxygen atoms in total. The normalized spacial score (nSPS) is 13.7. The summed E-state index contributed by atoms with van der Waals surface area (Å²) in [7, 11) is 0. The van der Waals surface area contributed by atoms with Crippen LogP contribution in [0.2, 0.25) is 0 Å². The molecule has 4 heteroatoms. The summed E-state index contributed by atoms with van der Waals surface area (Å²) in [6.07, 6.45) is 0. The monoisotopic (exact) mass is 154 g/mol. The molecule has 0 bridgehead atoms. The van der Waals surface area contributed by atoms with Crippen molar-refractivity contribution in [3.63, 3.8) is 0 Å². The zero-order valence-electron chi connectivity index (χ0n) is 2.92. The van der Waals surface area contributed by atoms with Gasteiger partial charge in [0.2, 0.25) is 0 Å². The van der Waals surface area contributed by atoms with Crippen LogP contribution >= 0.6 is 0 Å². The molecule has 6 heavy (non-hydrogen) atoms. The van der Waals surface area contributed by atoms with E-state index in [2.05, 4.69) is 0 Å². The van der Waals surface area contributed by atoms with Gasteiger partial charge in [-0.2, -0.15) is 0 Å². The van der Waals surface area contributed by atoms with Crippen molar-refractivity contribution < 1.29 is 9.90 Å². The van der Waals surface area contributed by atoms with Crippen molar-refractivity contribution in [2.24, 2.45) is 5.73 Å². The first-order valence-corrected chi connectivity index (χ1v) is 2.37. The predicted molar refractivity (Wildman–Crippen MR) is 20.1 cm³/mol. The molecule has 0 aliphatic rings. The van der Waals surface area contributed by atoms with Crippen LogP contribution in [-0.2, 0) is 4.79 Å². The van der Waals surface area contributed by atoms with Crippen LogP contribution in [0.1, 0.15) is 0 Å². The molecule has 36 valence electrons. The Bertz CT molecular complexity index is 62.6. The molecule has 0 aliphatic carbocycles. The van der Waals surface area contributed by atoms with Gasteiger partial charge in [-0.3, -0.25) is 0 Å². The van der Waals surface area contributed by atoms with Crippen molar-refractivity contribution >= 4 is 22.0 Å². The molecule has 0 fully saturated rings. The Balaban J connectivity index is 3.26. The predicted octanol–water partition coefficient (Wildman–Crippen LogP) is -3.08. The molecule has 0 aromatic heterocycles. The van der Waals surface area contributed by atoms with Gasteiger partial charge < -0.3 is 0 Å². The molecule has 0 aromatic rings. The zero-order valence-corrected chi connectivity index (χ0v) is 4.79. The third-order valence-electron chi connectivity index (χ3n) is 0.241. The minimum absolute atomic E-state index is 0.905. The van der Waals surface area contributed by atoms with Gasteiger partial charge in [-0.25, -0.2) is 0 Å². The number of hydrogen-bond donors (Lipinski definition) is 1. The van der Waals surface area contributed by atoms with Crippen molar-refractivity contribution in [3.8, 4) is 0 Å².